The number of nitrogens with zero attached hydrogens (tertiary/aromatic N) is 3. The topological polar surface area (TPSA) is 69.5 Å². The molecule has 0 saturated carbocycles. The van der Waals surface area contributed by atoms with Crippen LogP contribution in [0.4, 0.5) is 17.2 Å². The molecule has 1 atom stereocenters. The molecule has 0 radical (unpaired) electrons. The van der Waals surface area contributed by atoms with Crippen molar-refractivity contribution in [3.8, 4) is 17.6 Å². The minimum Gasteiger partial charge on any atom is -0.508 e. The van der Waals surface area contributed by atoms with Gasteiger partial charge < -0.3 is 10.2 Å². The predicted octanol–water partition coefficient (Wildman–Crippen LogP) is 5.56. The molecule has 1 unspecified atom stereocenters. The lowest BCUT2D eigenvalue weighted by Gasteiger charge is -2.25. The van der Waals surface area contributed by atoms with Crippen LogP contribution in [0, 0.1) is 17.3 Å². The first-order chi connectivity index (χ1) is 15.3. The van der Waals surface area contributed by atoms with E-state index < -0.39 is 6.10 Å². The Bertz CT molecular complexity index is 1280. The summed E-state index contributed by atoms with van der Waals surface area (Å²) in [5.74, 6) is 6.93. The molecule has 0 spiro atoms. The van der Waals surface area contributed by atoms with E-state index in [2.05, 4.69) is 21.8 Å². The molecule has 2 N–H and O–H groups in total. The van der Waals surface area contributed by atoms with E-state index in [0.717, 1.165) is 27.8 Å². The van der Waals surface area contributed by atoms with Crippen molar-refractivity contribution in [3.05, 3.63) is 84.7 Å². The van der Waals surface area contributed by atoms with Crippen LogP contribution < -0.4 is 4.90 Å². The van der Waals surface area contributed by atoms with E-state index in [-0.39, 0.29) is 11.2 Å². The lowest BCUT2D eigenvalue weighted by atomic mass is 9.89. The largest absolute Gasteiger partial charge is 0.508 e. The van der Waals surface area contributed by atoms with Crippen molar-refractivity contribution < 1.29 is 10.2 Å². The minimum atomic E-state index is -0.734. The number of aliphatic hydroxyl groups excluding tert-OH is 1. The van der Waals surface area contributed by atoms with Gasteiger partial charge in [0.1, 0.15) is 24.0 Å². The molecule has 0 saturated heterocycles. The van der Waals surface area contributed by atoms with E-state index >= 15 is 0 Å². The average Bonchev–Trinajstić information content (AvgIpc) is 2.79. The van der Waals surface area contributed by atoms with Crippen molar-refractivity contribution in [3.63, 3.8) is 0 Å². The fraction of sp³-hybridized carbons (Fsp3) is 0.185. The molecular weight excluding hydrogens is 398 g/mol. The summed E-state index contributed by atoms with van der Waals surface area (Å²) in [5.41, 5.74) is 3.03. The van der Waals surface area contributed by atoms with Crippen LogP contribution in [0.1, 0.15) is 26.3 Å². The summed E-state index contributed by atoms with van der Waals surface area (Å²) in [6, 6.07) is 22.7. The molecule has 0 aliphatic heterocycles. The van der Waals surface area contributed by atoms with Crippen LogP contribution in [0.3, 0.4) is 0 Å². The number of benzene rings is 3. The smallest absolute Gasteiger partial charge is 0.148 e. The third-order valence-corrected chi connectivity index (χ3v) is 5.12. The third-order valence-electron chi connectivity index (χ3n) is 5.12. The van der Waals surface area contributed by atoms with Crippen molar-refractivity contribution in [2.24, 2.45) is 5.41 Å². The van der Waals surface area contributed by atoms with Crippen LogP contribution in [-0.4, -0.2) is 26.3 Å². The Kier molecular flexibility index (Phi) is 5.81. The fourth-order valence-electron chi connectivity index (χ4n) is 3.24. The van der Waals surface area contributed by atoms with Crippen LogP contribution in [-0.2, 0) is 0 Å². The lowest BCUT2D eigenvalue weighted by molar-refractivity contribution is 0.114. The van der Waals surface area contributed by atoms with Crippen LogP contribution in [0.2, 0.25) is 0 Å². The Hall–Kier alpha value is -3.88. The molecule has 0 bridgehead atoms. The summed E-state index contributed by atoms with van der Waals surface area (Å²) in [6.45, 7) is 5.86. The van der Waals surface area contributed by atoms with Gasteiger partial charge in [0.2, 0.25) is 0 Å². The van der Waals surface area contributed by atoms with Gasteiger partial charge in [-0.2, -0.15) is 0 Å². The van der Waals surface area contributed by atoms with Gasteiger partial charge in [0, 0.05) is 22.3 Å². The molecule has 1 heterocycles. The number of phenolic OH excluding ortho intramolecular Hbond substituents is 1. The van der Waals surface area contributed by atoms with Crippen LogP contribution in [0.25, 0.3) is 10.9 Å². The zero-order valence-corrected chi connectivity index (χ0v) is 18.3. The quantitative estimate of drug-likeness (QED) is 0.422. The zero-order valence-electron chi connectivity index (χ0n) is 18.3. The molecule has 0 amide bonds. The Labute approximate surface area is 188 Å². The summed E-state index contributed by atoms with van der Waals surface area (Å²) in [7, 11) is 0. The van der Waals surface area contributed by atoms with E-state index in [1.54, 1.807) is 18.5 Å². The zero-order chi connectivity index (χ0) is 22.7. The first-order valence-electron chi connectivity index (χ1n) is 10.4. The Morgan fingerprint density at radius 3 is 2.25 bits per heavy atom. The van der Waals surface area contributed by atoms with Gasteiger partial charge in [0.15, 0.2) is 0 Å². The van der Waals surface area contributed by atoms with Gasteiger partial charge >= 0.3 is 0 Å². The molecule has 0 fully saturated rings. The van der Waals surface area contributed by atoms with E-state index in [0.29, 0.717) is 5.82 Å². The van der Waals surface area contributed by atoms with Gasteiger partial charge in [0.25, 0.3) is 0 Å². The second-order valence-electron chi connectivity index (χ2n) is 8.65. The molecule has 0 aliphatic rings. The number of rotatable bonds is 3. The number of para-hydroxylation sites is 1. The monoisotopic (exact) mass is 423 g/mol. The number of anilines is 3. The standard InChI is InChI=1S/C27H25N3O2/c1-27(2,3)25(32)16-10-19-9-15-24-23(17-19)26(29-18-28-24)30(20-7-5-4-6-8-20)21-11-13-22(31)14-12-21/h4-9,11-15,17-18,25,31-32H,1-3H3. The Balaban J connectivity index is 1.87. The van der Waals surface area contributed by atoms with Crippen LogP contribution in [0.15, 0.2) is 79.1 Å². The SMILES string of the molecule is CC(C)(C)C(O)C#Cc1ccc2ncnc(N(c3ccccc3)c3ccc(O)cc3)c2c1. The average molecular weight is 424 g/mol. The molecule has 160 valence electrons. The van der Waals surface area contributed by atoms with Crippen molar-refractivity contribution >= 4 is 28.1 Å². The van der Waals surface area contributed by atoms with Crippen LogP contribution in [0.5, 0.6) is 5.75 Å². The molecule has 0 aliphatic carbocycles. The number of phenols is 1. The van der Waals surface area contributed by atoms with E-state index in [1.807, 2.05) is 86.3 Å². The number of hydrogen-bond donors (Lipinski definition) is 2. The normalized spacial score (nSPS) is 12.1. The molecule has 32 heavy (non-hydrogen) atoms. The highest BCUT2D eigenvalue weighted by Gasteiger charge is 2.20. The highest BCUT2D eigenvalue weighted by Crippen LogP contribution is 2.37. The number of aromatic hydroxyl groups is 1. The van der Waals surface area contributed by atoms with Gasteiger partial charge in [-0.05, 0) is 60.0 Å². The van der Waals surface area contributed by atoms with Gasteiger partial charge in [-0.15, -0.1) is 0 Å². The first kappa shape index (κ1) is 21.4. The predicted molar refractivity (Wildman–Crippen MR) is 128 cm³/mol. The van der Waals surface area contributed by atoms with Gasteiger partial charge in [-0.25, -0.2) is 9.97 Å². The number of hydrogen-bond acceptors (Lipinski definition) is 5. The van der Waals surface area contributed by atoms with Gasteiger partial charge in [-0.1, -0.05) is 50.8 Å². The second-order valence-corrected chi connectivity index (χ2v) is 8.65. The summed E-state index contributed by atoms with van der Waals surface area (Å²) in [5, 5.41) is 20.9. The summed E-state index contributed by atoms with van der Waals surface area (Å²) >= 11 is 0. The third kappa shape index (κ3) is 4.56. The van der Waals surface area contributed by atoms with Crippen LogP contribution >= 0.6 is 0 Å². The lowest BCUT2D eigenvalue weighted by Crippen LogP contribution is -2.23. The number of aromatic nitrogens is 2. The van der Waals surface area contributed by atoms with Gasteiger partial charge in [0.05, 0.1) is 5.52 Å². The Morgan fingerprint density at radius 1 is 0.875 bits per heavy atom. The molecule has 4 aromatic rings. The Morgan fingerprint density at radius 2 is 1.56 bits per heavy atom. The molecule has 5 nitrogen and oxygen atoms in total. The maximum Gasteiger partial charge on any atom is 0.148 e. The van der Waals surface area contributed by atoms with Crippen molar-refractivity contribution in [1.82, 2.24) is 9.97 Å². The first-order valence-corrected chi connectivity index (χ1v) is 10.4. The summed E-state index contributed by atoms with van der Waals surface area (Å²) in [6.07, 6.45) is 0.811. The summed E-state index contributed by atoms with van der Waals surface area (Å²) in [4.78, 5) is 11.1. The maximum absolute atomic E-state index is 10.3. The minimum absolute atomic E-state index is 0.198. The molecule has 4 rings (SSSR count). The van der Waals surface area contributed by atoms with Gasteiger partial charge in [-0.3, -0.25) is 4.90 Å². The van der Waals surface area contributed by atoms with Crippen molar-refractivity contribution in [2.75, 3.05) is 4.90 Å². The number of aliphatic hydroxyl groups is 1. The van der Waals surface area contributed by atoms with E-state index in [1.165, 1.54) is 0 Å². The second kappa shape index (κ2) is 8.70. The summed E-state index contributed by atoms with van der Waals surface area (Å²) < 4.78 is 0. The van der Waals surface area contributed by atoms with Crippen molar-refractivity contribution in [1.29, 1.82) is 0 Å². The van der Waals surface area contributed by atoms with Crippen molar-refractivity contribution in [2.45, 2.75) is 26.9 Å². The highest BCUT2D eigenvalue weighted by atomic mass is 16.3. The number of fused-ring (bicyclic) bond motifs is 1. The molecule has 5 heteroatoms. The van der Waals surface area contributed by atoms with E-state index in [4.69, 9.17) is 0 Å². The molecular formula is C27H25N3O2. The molecule has 1 aromatic heterocycles. The molecule has 3 aromatic carbocycles. The van der Waals surface area contributed by atoms with E-state index in [9.17, 15) is 10.2 Å². The highest BCUT2D eigenvalue weighted by molar-refractivity contribution is 5.95. The maximum atomic E-state index is 10.3. The fourth-order valence-corrected chi connectivity index (χ4v) is 3.24.